The Kier molecular flexibility index (Phi) is 7.82. The van der Waals surface area contributed by atoms with E-state index in [0.717, 1.165) is 19.3 Å². The summed E-state index contributed by atoms with van der Waals surface area (Å²) in [5.41, 5.74) is 6.51. The van der Waals surface area contributed by atoms with E-state index in [1.54, 1.807) is 23.3 Å². The fourth-order valence-electron chi connectivity index (χ4n) is 6.03. The largest absolute Gasteiger partial charge is 0.207 e. The summed E-state index contributed by atoms with van der Waals surface area (Å²) in [7, 11) is 0. The molecule has 0 N–H and O–H groups in total. The average molecular weight is 474 g/mol. The van der Waals surface area contributed by atoms with E-state index in [-0.39, 0.29) is 11.2 Å². The molecule has 0 bridgehead atoms. The summed E-state index contributed by atoms with van der Waals surface area (Å²) >= 11 is 3.69. The molecule has 0 nitrogen and oxygen atoms in total. The van der Waals surface area contributed by atoms with Crippen molar-refractivity contribution in [2.75, 3.05) is 0 Å². The van der Waals surface area contributed by atoms with Gasteiger partial charge in [0.15, 0.2) is 0 Å². The highest BCUT2D eigenvalue weighted by atomic mass is 79.9. The molecule has 4 rings (SSSR count). The second kappa shape index (κ2) is 9.98. The van der Waals surface area contributed by atoms with Crippen molar-refractivity contribution in [2.45, 2.75) is 103 Å². The monoisotopic (exact) mass is 472 g/mol. The lowest BCUT2D eigenvalue weighted by Gasteiger charge is -2.38. The van der Waals surface area contributed by atoms with Crippen molar-refractivity contribution in [3.8, 4) is 0 Å². The molecule has 0 saturated carbocycles. The van der Waals surface area contributed by atoms with Crippen LogP contribution in [0.25, 0.3) is 0 Å². The molecular weight excluding hydrogens is 435 g/mol. The van der Waals surface area contributed by atoms with Gasteiger partial charge in [0, 0.05) is 4.47 Å². The van der Waals surface area contributed by atoms with Crippen LogP contribution in [0.2, 0.25) is 0 Å². The zero-order valence-corrected chi connectivity index (χ0v) is 20.9. The van der Waals surface area contributed by atoms with Crippen molar-refractivity contribution in [1.82, 2.24) is 0 Å². The minimum absolute atomic E-state index is 0.0816. The van der Waals surface area contributed by atoms with Crippen molar-refractivity contribution >= 4 is 15.9 Å². The smallest absolute Gasteiger partial charge is 0.123 e. The molecule has 0 saturated heterocycles. The van der Waals surface area contributed by atoms with Crippen LogP contribution < -0.4 is 0 Å². The summed E-state index contributed by atoms with van der Waals surface area (Å²) in [5.74, 6) is -0.0816. The Labute approximate surface area is 191 Å². The summed E-state index contributed by atoms with van der Waals surface area (Å²) < 4.78 is 14.6. The van der Waals surface area contributed by atoms with E-state index in [2.05, 4.69) is 61.8 Å². The van der Waals surface area contributed by atoms with Gasteiger partial charge < -0.3 is 0 Å². The van der Waals surface area contributed by atoms with E-state index < -0.39 is 0 Å². The van der Waals surface area contributed by atoms with E-state index in [1.807, 2.05) is 6.07 Å². The van der Waals surface area contributed by atoms with Gasteiger partial charge in [-0.2, -0.15) is 0 Å². The normalized spacial score (nSPS) is 18.6. The van der Waals surface area contributed by atoms with Crippen LogP contribution in [0, 0.1) is 5.82 Å². The Morgan fingerprint density at radius 1 is 0.800 bits per heavy atom. The van der Waals surface area contributed by atoms with Crippen LogP contribution in [-0.2, 0) is 23.7 Å². The van der Waals surface area contributed by atoms with E-state index in [4.69, 9.17) is 0 Å². The molecule has 0 unspecified atom stereocenters. The molecule has 0 heterocycles. The van der Waals surface area contributed by atoms with Crippen LogP contribution in [0.4, 0.5) is 4.39 Å². The Balaban J connectivity index is 0.000000171. The second-order valence-corrected chi connectivity index (χ2v) is 10.1. The number of halogens is 2. The molecule has 0 radical (unpaired) electrons. The molecule has 2 aliphatic carbocycles. The van der Waals surface area contributed by atoms with Gasteiger partial charge in [-0.25, -0.2) is 4.39 Å². The van der Waals surface area contributed by atoms with Crippen LogP contribution in [-0.4, -0.2) is 0 Å². The van der Waals surface area contributed by atoms with Gasteiger partial charge in [-0.15, -0.1) is 0 Å². The van der Waals surface area contributed by atoms with Crippen LogP contribution in [0.5, 0.6) is 0 Å². The Hall–Kier alpha value is -1.15. The lowest BCUT2D eigenvalue weighted by Crippen LogP contribution is -2.29. The SMILES string of the molecule is CCC1(CC)CCCc2c(Br)cccc21.CCC1(CC)CCCc2ccc(F)cc21. The van der Waals surface area contributed by atoms with Crippen LogP contribution in [0.3, 0.4) is 0 Å². The first-order chi connectivity index (χ1) is 14.4. The summed E-state index contributed by atoms with van der Waals surface area (Å²) in [6.45, 7) is 9.12. The molecule has 2 aromatic rings. The number of rotatable bonds is 4. The van der Waals surface area contributed by atoms with Gasteiger partial charge in [0.05, 0.1) is 0 Å². The van der Waals surface area contributed by atoms with Crippen LogP contribution in [0.15, 0.2) is 40.9 Å². The Morgan fingerprint density at radius 3 is 2.03 bits per heavy atom. The highest BCUT2D eigenvalue weighted by Crippen LogP contribution is 2.44. The fourth-order valence-corrected chi connectivity index (χ4v) is 6.59. The van der Waals surface area contributed by atoms with Gasteiger partial charge in [0.25, 0.3) is 0 Å². The fraction of sp³-hybridized carbons (Fsp3) is 0.571. The minimum Gasteiger partial charge on any atom is -0.207 e. The maximum absolute atomic E-state index is 13.3. The third kappa shape index (κ3) is 4.40. The number of hydrogen-bond acceptors (Lipinski definition) is 0. The van der Waals surface area contributed by atoms with Crippen LogP contribution >= 0.6 is 15.9 Å². The molecule has 0 atom stereocenters. The number of fused-ring (bicyclic) bond motifs is 2. The molecule has 0 fully saturated rings. The number of aryl methyl sites for hydroxylation is 1. The third-order valence-electron chi connectivity index (χ3n) is 8.22. The van der Waals surface area contributed by atoms with E-state index in [9.17, 15) is 4.39 Å². The summed E-state index contributed by atoms with van der Waals surface area (Å²) in [6.07, 6.45) is 12.3. The number of benzene rings is 2. The van der Waals surface area contributed by atoms with Gasteiger partial charge in [-0.05, 0) is 115 Å². The van der Waals surface area contributed by atoms with E-state index in [1.165, 1.54) is 60.5 Å². The lowest BCUT2D eigenvalue weighted by molar-refractivity contribution is 0.333. The van der Waals surface area contributed by atoms with Crippen molar-refractivity contribution in [1.29, 1.82) is 0 Å². The summed E-state index contributed by atoms with van der Waals surface area (Å²) in [6, 6.07) is 12.0. The van der Waals surface area contributed by atoms with Crippen molar-refractivity contribution < 1.29 is 4.39 Å². The average Bonchev–Trinajstić information content (AvgIpc) is 2.79. The molecule has 2 heteroatoms. The molecule has 0 spiro atoms. The summed E-state index contributed by atoms with van der Waals surface area (Å²) in [4.78, 5) is 0. The molecule has 30 heavy (non-hydrogen) atoms. The predicted molar refractivity (Wildman–Crippen MR) is 131 cm³/mol. The predicted octanol–water partition coefficient (Wildman–Crippen LogP) is 9.06. The molecule has 164 valence electrons. The van der Waals surface area contributed by atoms with Crippen molar-refractivity contribution in [3.05, 3.63) is 68.9 Å². The molecule has 0 aliphatic heterocycles. The van der Waals surface area contributed by atoms with Gasteiger partial charge in [-0.3, -0.25) is 0 Å². The van der Waals surface area contributed by atoms with Crippen molar-refractivity contribution in [3.63, 3.8) is 0 Å². The van der Waals surface area contributed by atoms with E-state index >= 15 is 0 Å². The first-order valence-corrected chi connectivity index (χ1v) is 12.8. The zero-order valence-electron chi connectivity index (χ0n) is 19.3. The van der Waals surface area contributed by atoms with Crippen molar-refractivity contribution in [2.24, 2.45) is 0 Å². The summed E-state index contributed by atoms with van der Waals surface area (Å²) in [5, 5.41) is 0. The van der Waals surface area contributed by atoms with Gasteiger partial charge in [0.1, 0.15) is 5.82 Å². The Bertz CT molecular complexity index is 830. The molecule has 2 aromatic carbocycles. The first kappa shape index (κ1) is 23.5. The van der Waals surface area contributed by atoms with Crippen LogP contribution in [0.1, 0.15) is 101 Å². The first-order valence-electron chi connectivity index (χ1n) is 12.0. The maximum Gasteiger partial charge on any atom is 0.123 e. The van der Waals surface area contributed by atoms with Gasteiger partial charge in [-0.1, -0.05) is 61.8 Å². The molecule has 2 aliphatic rings. The Morgan fingerprint density at radius 2 is 1.40 bits per heavy atom. The van der Waals surface area contributed by atoms with E-state index in [0.29, 0.717) is 5.41 Å². The molecule has 0 aromatic heterocycles. The lowest BCUT2D eigenvalue weighted by atomic mass is 9.67. The standard InChI is InChI=1S/C14H19Br.C14H19F/c1-3-14(4-2)10-6-7-11-12(14)8-5-9-13(11)15;1-3-14(4-2)9-5-6-11-7-8-12(15)10-13(11)14/h5,8-9H,3-4,6-7,10H2,1-2H3;7-8,10H,3-6,9H2,1-2H3. The zero-order chi connectivity index (χ0) is 21.8. The topological polar surface area (TPSA) is 0 Å². The van der Waals surface area contributed by atoms with Gasteiger partial charge >= 0.3 is 0 Å². The maximum atomic E-state index is 13.3. The third-order valence-corrected chi connectivity index (χ3v) is 8.97. The number of hydrogen-bond donors (Lipinski definition) is 0. The molecular formula is C28H38BrF. The highest BCUT2D eigenvalue weighted by Gasteiger charge is 2.34. The quantitative estimate of drug-likeness (QED) is 0.415. The second-order valence-electron chi connectivity index (χ2n) is 9.25. The minimum atomic E-state index is -0.0816. The van der Waals surface area contributed by atoms with Gasteiger partial charge in [0.2, 0.25) is 0 Å². The molecule has 0 amide bonds. The highest BCUT2D eigenvalue weighted by molar-refractivity contribution is 9.10.